The minimum absolute atomic E-state index is 0.0583. The molecule has 1 saturated carbocycles. The maximum absolute atomic E-state index is 9.78. The predicted octanol–water partition coefficient (Wildman–Crippen LogP) is 3.53. The molecular formula is C14H23NOS. The Morgan fingerprint density at radius 3 is 2.71 bits per heavy atom. The van der Waals surface area contributed by atoms with E-state index in [0.717, 1.165) is 19.3 Å². The van der Waals surface area contributed by atoms with Gasteiger partial charge < -0.3 is 5.11 Å². The van der Waals surface area contributed by atoms with Crippen molar-refractivity contribution in [1.29, 1.82) is 0 Å². The van der Waals surface area contributed by atoms with Crippen molar-refractivity contribution in [2.45, 2.75) is 64.4 Å². The molecule has 0 saturated heterocycles. The molecule has 1 aliphatic carbocycles. The standard InChI is InChI=1S/C14H23NOS/c1-14(2,3)12-9-17-13(15-12)6-4-5-11(16)10-7-8-10/h9-11,16H,4-8H2,1-3H3. The summed E-state index contributed by atoms with van der Waals surface area (Å²) in [4.78, 5) is 4.68. The number of thiazole rings is 1. The first-order chi connectivity index (χ1) is 7.97. The summed E-state index contributed by atoms with van der Waals surface area (Å²) in [6.45, 7) is 6.59. The summed E-state index contributed by atoms with van der Waals surface area (Å²) in [5.74, 6) is 0.608. The van der Waals surface area contributed by atoms with Crippen molar-refractivity contribution < 1.29 is 5.11 Å². The fourth-order valence-electron chi connectivity index (χ4n) is 1.95. The molecule has 1 N–H and O–H groups in total. The van der Waals surface area contributed by atoms with Crippen LogP contribution in [0.4, 0.5) is 0 Å². The van der Waals surface area contributed by atoms with E-state index < -0.39 is 0 Å². The van der Waals surface area contributed by atoms with E-state index in [9.17, 15) is 5.11 Å². The third-order valence-electron chi connectivity index (χ3n) is 3.38. The topological polar surface area (TPSA) is 33.1 Å². The van der Waals surface area contributed by atoms with Crippen molar-refractivity contribution in [1.82, 2.24) is 4.98 Å². The molecule has 1 aromatic rings. The number of hydrogen-bond acceptors (Lipinski definition) is 3. The zero-order valence-corrected chi connectivity index (χ0v) is 11.9. The summed E-state index contributed by atoms with van der Waals surface area (Å²) in [5, 5.41) is 13.2. The minimum Gasteiger partial charge on any atom is -0.393 e. The Hall–Kier alpha value is -0.410. The first-order valence-electron chi connectivity index (χ1n) is 6.60. The van der Waals surface area contributed by atoms with Crippen LogP contribution in [0.5, 0.6) is 0 Å². The molecule has 1 heterocycles. The van der Waals surface area contributed by atoms with Gasteiger partial charge in [0.05, 0.1) is 16.8 Å². The molecule has 0 bridgehead atoms. The Kier molecular flexibility index (Phi) is 3.88. The van der Waals surface area contributed by atoms with Crippen LogP contribution >= 0.6 is 11.3 Å². The molecular weight excluding hydrogens is 230 g/mol. The van der Waals surface area contributed by atoms with Gasteiger partial charge in [0, 0.05) is 10.8 Å². The molecule has 0 aromatic carbocycles. The molecule has 1 aliphatic rings. The second kappa shape index (κ2) is 5.07. The lowest BCUT2D eigenvalue weighted by atomic mass is 9.93. The summed E-state index contributed by atoms with van der Waals surface area (Å²) in [7, 11) is 0. The van der Waals surface area contributed by atoms with Gasteiger partial charge in [-0.1, -0.05) is 20.8 Å². The summed E-state index contributed by atoms with van der Waals surface area (Å²) in [6, 6.07) is 0. The molecule has 0 radical (unpaired) electrons. The van der Waals surface area contributed by atoms with Gasteiger partial charge in [0.15, 0.2) is 0 Å². The average molecular weight is 253 g/mol. The average Bonchev–Trinajstić information content (AvgIpc) is 2.97. The van der Waals surface area contributed by atoms with Crippen LogP contribution in [0.15, 0.2) is 5.38 Å². The van der Waals surface area contributed by atoms with Crippen molar-refractivity contribution in [3.8, 4) is 0 Å². The lowest BCUT2D eigenvalue weighted by Crippen LogP contribution is -2.11. The van der Waals surface area contributed by atoms with Crippen LogP contribution in [0, 0.1) is 5.92 Å². The summed E-state index contributed by atoms with van der Waals surface area (Å²) < 4.78 is 0. The monoisotopic (exact) mass is 253 g/mol. The second-order valence-corrected chi connectivity index (χ2v) is 7.12. The molecule has 0 amide bonds. The van der Waals surface area contributed by atoms with Gasteiger partial charge in [-0.25, -0.2) is 4.98 Å². The summed E-state index contributed by atoms with van der Waals surface area (Å²) in [5.41, 5.74) is 1.35. The fraction of sp³-hybridized carbons (Fsp3) is 0.786. The van der Waals surface area contributed by atoms with Crippen LogP contribution in [0.2, 0.25) is 0 Å². The van der Waals surface area contributed by atoms with E-state index in [-0.39, 0.29) is 11.5 Å². The Bertz CT molecular complexity index is 363. The Morgan fingerprint density at radius 2 is 2.18 bits per heavy atom. The van der Waals surface area contributed by atoms with E-state index in [4.69, 9.17) is 0 Å². The quantitative estimate of drug-likeness (QED) is 0.870. The smallest absolute Gasteiger partial charge is 0.0928 e. The normalized spacial score (nSPS) is 18.4. The SMILES string of the molecule is CC(C)(C)c1csc(CCCC(O)C2CC2)n1. The van der Waals surface area contributed by atoms with Gasteiger partial charge in [-0.05, 0) is 38.0 Å². The highest BCUT2D eigenvalue weighted by molar-refractivity contribution is 7.09. The number of rotatable bonds is 5. The van der Waals surface area contributed by atoms with Crippen LogP contribution < -0.4 is 0 Å². The first kappa shape index (κ1) is 13.0. The molecule has 1 unspecified atom stereocenters. The van der Waals surface area contributed by atoms with E-state index >= 15 is 0 Å². The maximum Gasteiger partial charge on any atom is 0.0928 e. The molecule has 2 nitrogen and oxygen atoms in total. The number of aromatic nitrogens is 1. The highest BCUT2D eigenvalue weighted by Crippen LogP contribution is 2.34. The number of hydrogen-bond donors (Lipinski definition) is 1. The highest BCUT2D eigenvalue weighted by atomic mass is 32.1. The van der Waals surface area contributed by atoms with Gasteiger partial charge in [-0.2, -0.15) is 0 Å². The summed E-state index contributed by atoms with van der Waals surface area (Å²) in [6.07, 6.45) is 5.42. The lowest BCUT2D eigenvalue weighted by Gasteiger charge is -2.14. The van der Waals surface area contributed by atoms with Gasteiger partial charge in [0.25, 0.3) is 0 Å². The van der Waals surface area contributed by atoms with E-state index in [0.29, 0.717) is 5.92 Å². The van der Waals surface area contributed by atoms with Crippen LogP contribution in [0.25, 0.3) is 0 Å². The van der Waals surface area contributed by atoms with Gasteiger partial charge in [0.1, 0.15) is 0 Å². The molecule has 17 heavy (non-hydrogen) atoms. The Balaban J connectivity index is 1.77. The van der Waals surface area contributed by atoms with Crippen LogP contribution in [0.3, 0.4) is 0 Å². The molecule has 3 heteroatoms. The van der Waals surface area contributed by atoms with Crippen LogP contribution in [-0.4, -0.2) is 16.2 Å². The zero-order chi connectivity index (χ0) is 12.5. The van der Waals surface area contributed by atoms with E-state index in [1.165, 1.54) is 23.5 Å². The van der Waals surface area contributed by atoms with E-state index in [2.05, 4.69) is 31.1 Å². The van der Waals surface area contributed by atoms with Crippen LogP contribution in [-0.2, 0) is 11.8 Å². The Morgan fingerprint density at radius 1 is 1.47 bits per heavy atom. The van der Waals surface area contributed by atoms with Gasteiger partial charge in [0.2, 0.25) is 0 Å². The number of aliphatic hydroxyl groups is 1. The third-order valence-corrected chi connectivity index (χ3v) is 4.29. The van der Waals surface area contributed by atoms with Crippen molar-refractivity contribution in [2.24, 2.45) is 5.92 Å². The summed E-state index contributed by atoms with van der Waals surface area (Å²) >= 11 is 1.76. The molecule has 1 aromatic heterocycles. The molecule has 0 spiro atoms. The molecule has 0 aliphatic heterocycles. The van der Waals surface area contributed by atoms with Gasteiger partial charge in [-0.3, -0.25) is 0 Å². The van der Waals surface area contributed by atoms with E-state index in [1.807, 2.05) is 0 Å². The first-order valence-corrected chi connectivity index (χ1v) is 7.48. The lowest BCUT2D eigenvalue weighted by molar-refractivity contribution is 0.139. The number of aryl methyl sites for hydroxylation is 1. The largest absolute Gasteiger partial charge is 0.393 e. The van der Waals surface area contributed by atoms with Crippen molar-refractivity contribution in [3.63, 3.8) is 0 Å². The van der Waals surface area contributed by atoms with Crippen LogP contribution in [0.1, 0.15) is 57.2 Å². The van der Waals surface area contributed by atoms with Crippen molar-refractivity contribution in [3.05, 3.63) is 16.1 Å². The van der Waals surface area contributed by atoms with E-state index in [1.54, 1.807) is 11.3 Å². The maximum atomic E-state index is 9.78. The Labute approximate surface area is 108 Å². The second-order valence-electron chi connectivity index (χ2n) is 6.17. The minimum atomic E-state index is -0.0583. The van der Waals surface area contributed by atoms with Gasteiger partial charge >= 0.3 is 0 Å². The molecule has 1 atom stereocenters. The van der Waals surface area contributed by atoms with Crippen molar-refractivity contribution >= 4 is 11.3 Å². The molecule has 1 fully saturated rings. The zero-order valence-electron chi connectivity index (χ0n) is 11.1. The molecule has 2 rings (SSSR count). The highest BCUT2D eigenvalue weighted by Gasteiger charge is 2.29. The van der Waals surface area contributed by atoms with Crippen molar-refractivity contribution in [2.75, 3.05) is 0 Å². The number of aliphatic hydroxyl groups excluding tert-OH is 1. The van der Waals surface area contributed by atoms with Gasteiger partial charge in [-0.15, -0.1) is 11.3 Å². The fourth-order valence-corrected chi connectivity index (χ4v) is 3.02. The number of nitrogens with zero attached hydrogens (tertiary/aromatic N) is 1. The predicted molar refractivity (Wildman–Crippen MR) is 72.5 cm³/mol. The third kappa shape index (κ3) is 3.78. The molecule has 96 valence electrons.